The zero-order valence-corrected chi connectivity index (χ0v) is 15.4. The van der Waals surface area contributed by atoms with Gasteiger partial charge in [-0.1, -0.05) is 12.1 Å². The van der Waals surface area contributed by atoms with Crippen molar-refractivity contribution < 1.29 is 14.3 Å². The first-order valence-corrected chi connectivity index (χ1v) is 9.33. The van der Waals surface area contributed by atoms with Gasteiger partial charge in [0.05, 0.1) is 23.1 Å². The Morgan fingerprint density at radius 2 is 2.00 bits per heavy atom. The molecule has 1 aliphatic rings. The van der Waals surface area contributed by atoms with E-state index in [1.807, 2.05) is 12.1 Å². The van der Waals surface area contributed by atoms with Crippen LogP contribution in [0.25, 0.3) is 0 Å². The number of fused-ring (bicyclic) bond motifs is 1. The maximum Gasteiger partial charge on any atom is 0.267 e. The van der Waals surface area contributed by atoms with Crippen LogP contribution in [-0.4, -0.2) is 30.6 Å². The van der Waals surface area contributed by atoms with E-state index in [0.29, 0.717) is 34.1 Å². The van der Waals surface area contributed by atoms with Crippen molar-refractivity contribution in [1.82, 2.24) is 0 Å². The second-order valence-electron chi connectivity index (χ2n) is 6.06. The Kier molecular flexibility index (Phi) is 5.29. The van der Waals surface area contributed by atoms with Gasteiger partial charge in [-0.3, -0.25) is 9.59 Å². The molecule has 0 bridgehead atoms. The Morgan fingerprint density at radius 1 is 1.27 bits per heavy atom. The molecule has 2 aromatic rings. The van der Waals surface area contributed by atoms with Crippen molar-refractivity contribution in [3.8, 4) is 11.8 Å². The van der Waals surface area contributed by atoms with Crippen LogP contribution in [0.3, 0.4) is 0 Å². The average Bonchev–Trinajstić information content (AvgIpc) is 2.66. The Labute approximate surface area is 156 Å². The van der Waals surface area contributed by atoms with Crippen LogP contribution >= 0.6 is 11.8 Å². The van der Waals surface area contributed by atoms with Crippen molar-refractivity contribution in [2.45, 2.75) is 18.8 Å². The fourth-order valence-corrected chi connectivity index (χ4v) is 3.59. The van der Waals surface area contributed by atoms with Gasteiger partial charge in [-0.25, -0.2) is 0 Å². The maximum absolute atomic E-state index is 12.5. The van der Waals surface area contributed by atoms with E-state index in [9.17, 15) is 9.59 Å². The van der Waals surface area contributed by atoms with E-state index >= 15 is 0 Å². The van der Waals surface area contributed by atoms with Crippen molar-refractivity contribution >= 4 is 29.1 Å². The highest BCUT2D eigenvalue weighted by Gasteiger charge is 2.29. The first-order chi connectivity index (χ1) is 12.5. The van der Waals surface area contributed by atoms with Gasteiger partial charge < -0.3 is 9.64 Å². The Bertz CT molecular complexity index is 887. The minimum absolute atomic E-state index is 0.00548. The average molecular weight is 366 g/mol. The number of thioether (sulfide) groups is 1. The molecule has 0 N–H and O–H groups in total. The summed E-state index contributed by atoms with van der Waals surface area (Å²) in [6.07, 6.45) is -0.517. The third kappa shape index (κ3) is 3.73. The second kappa shape index (κ2) is 7.63. The second-order valence-corrected chi connectivity index (χ2v) is 7.05. The quantitative estimate of drug-likeness (QED) is 0.759. The molecule has 26 heavy (non-hydrogen) atoms. The lowest BCUT2D eigenvalue weighted by molar-refractivity contribution is -0.125. The van der Waals surface area contributed by atoms with Crippen LogP contribution in [-0.2, 0) is 10.5 Å². The zero-order valence-electron chi connectivity index (χ0n) is 14.6. The van der Waals surface area contributed by atoms with Crippen LogP contribution in [0.2, 0.25) is 0 Å². The van der Waals surface area contributed by atoms with E-state index in [-0.39, 0.29) is 11.7 Å². The molecule has 1 amide bonds. The minimum Gasteiger partial charge on any atom is -0.479 e. The van der Waals surface area contributed by atoms with Gasteiger partial charge in [0.15, 0.2) is 11.9 Å². The monoisotopic (exact) mass is 366 g/mol. The summed E-state index contributed by atoms with van der Waals surface area (Å²) in [6.45, 7) is 1.71. The van der Waals surface area contributed by atoms with Crippen LogP contribution in [0.5, 0.6) is 5.75 Å². The van der Waals surface area contributed by atoms with Crippen molar-refractivity contribution in [1.29, 1.82) is 5.26 Å². The molecule has 5 nitrogen and oxygen atoms in total. The number of nitrogens with zero attached hydrogens (tertiary/aromatic N) is 2. The molecule has 0 aliphatic carbocycles. The third-order valence-corrected chi connectivity index (χ3v) is 5.21. The fraction of sp³-hybridized carbons (Fsp3) is 0.250. The predicted octanol–water partition coefficient (Wildman–Crippen LogP) is 3.42. The van der Waals surface area contributed by atoms with Crippen LogP contribution in [0.15, 0.2) is 42.5 Å². The number of ketones is 1. The number of carbonyl (C=O) groups excluding carboxylic acids is 2. The molecule has 0 aromatic heterocycles. The Balaban J connectivity index is 1.63. The summed E-state index contributed by atoms with van der Waals surface area (Å²) in [5.74, 6) is 1.53. The van der Waals surface area contributed by atoms with Gasteiger partial charge >= 0.3 is 0 Å². The summed E-state index contributed by atoms with van der Waals surface area (Å²) in [5, 5.41) is 8.80. The molecule has 1 heterocycles. The number of carbonyl (C=O) groups is 2. The van der Waals surface area contributed by atoms with Gasteiger partial charge in [0.2, 0.25) is 0 Å². The molecule has 1 atom stereocenters. The van der Waals surface area contributed by atoms with Gasteiger partial charge in [0.1, 0.15) is 5.75 Å². The summed E-state index contributed by atoms with van der Waals surface area (Å²) in [6, 6.07) is 14.6. The van der Waals surface area contributed by atoms with E-state index in [0.717, 1.165) is 5.56 Å². The SMILES string of the molecule is CC1Oc2ccc(C(=O)CSCc3ccc(C#N)cc3)cc2N(C)C1=O. The van der Waals surface area contributed by atoms with Crippen LogP contribution in [0, 0.1) is 11.3 Å². The number of amides is 1. The summed E-state index contributed by atoms with van der Waals surface area (Å²) in [4.78, 5) is 26.0. The van der Waals surface area contributed by atoms with Crippen molar-refractivity contribution in [2.24, 2.45) is 0 Å². The number of Topliss-reactive ketones (excluding diaryl/α,β-unsaturated/α-hetero) is 1. The lowest BCUT2D eigenvalue weighted by Crippen LogP contribution is -2.42. The Morgan fingerprint density at radius 3 is 2.69 bits per heavy atom. The molecular formula is C20H18N2O3S. The number of hydrogen-bond donors (Lipinski definition) is 0. The van der Waals surface area contributed by atoms with Gasteiger partial charge in [-0.05, 0) is 42.8 Å². The normalized spacial score (nSPS) is 15.8. The van der Waals surface area contributed by atoms with Crippen molar-refractivity contribution in [3.05, 3.63) is 59.2 Å². The molecule has 1 unspecified atom stereocenters. The minimum atomic E-state index is -0.517. The maximum atomic E-state index is 12.5. The Hall–Kier alpha value is -2.78. The lowest BCUT2D eigenvalue weighted by atomic mass is 10.1. The predicted molar refractivity (Wildman–Crippen MR) is 102 cm³/mol. The number of nitriles is 1. The highest BCUT2D eigenvalue weighted by molar-refractivity contribution is 7.99. The molecule has 6 heteroatoms. The first kappa shape index (κ1) is 18.0. The molecule has 132 valence electrons. The highest BCUT2D eigenvalue weighted by Crippen LogP contribution is 2.34. The molecule has 0 saturated carbocycles. The third-order valence-electron chi connectivity index (χ3n) is 4.21. The number of anilines is 1. The topological polar surface area (TPSA) is 70.4 Å². The summed E-state index contributed by atoms with van der Waals surface area (Å²) in [5.41, 5.74) is 2.88. The van der Waals surface area contributed by atoms with Gasteiger partial charge in [-0.15, -0.1) is 11.8 Å². The van der Waals surface area contributed by atoms with Gasteiger partial charge in [-0.2, -0.15) is 5.26 Å². The summed E-state index contributed by atoms with van der Waals surface area (Å²) in [7, 11) is 1.69. The molecule has 1 aliphatic heterocycles. The lowest BCUT2D eigenvalue weighted by Gasteiger charge is -2.30. The number of likely N-dealkylation sites (N-methyl/N-ethyl adjacent to an activating group) is 1. The van der Waals surface area contributed by atoms with Crippen LogP contribution in [0.4, 0.5) is 5.69 Å². The molecule has 2 aromatic carbocycles. The van der Waals surface area contributed by atoms with E-state index in [2.05, 4.69) is 6.07 Å². The zero-order chi connectivity index (χ0) is 18.7. The number of hydrogen-bond acceptors (Lipinski definition) is 5. The highest BCUT2D eigenvalue weighted by atomic mass is 32.2. The van der Waals surface area contributed by atoms with Gasteiger partial charge in [0.25, 0.3) is 5.91 Å². The number of benzene rings is 2. The standard InChI is InChI=1S/C20H18N2O3S/c1-13-20(24)22(2)17-9-16(7-8-19(17)25-13)18(23)12-26-11-15-5-3-14(10-21)4-6-15/h3-9,13H,11-12H2,1-2H3. The largest absolute Gasteiger partial charge is 0.479 e. The van der Waals surface area contributed by atoms with Crippen LogP contribution in [0.1, 0.15) is 28.4 Å². The molecule has 0 radical (unpaired) electrons. The summed E-state index contributed by atoms with van der Waals surface area (Å²) >= 11 is 1.52. The van der Waals surface area contributed by atoms with E-state index in [1.54, 1.807) is 44.3 Å². The van der Waals surface area contributed by atoms with E-state index < -0.39 is 6.10 Å². The number of rotatable bonds is 5. The molecule has 0 saturated heterocycles. The van der Waals surface area contributed by atoms with Gasteiger partial charge in [0, 0.05) is 18.4 Å². The van der Waals surface area contributed by atoms with Crippen LogP contribution < -0.4 is 9.64 Å². The molecule has 3 rings (SSSR count). The molecule has 0 spiro atoms. The molecular weight excluding hydrogens is 348 g/mol. The first-order valence-electron chi connectivity index (χ1n) is 8.18. The van der Waals surface area contributed by atoms with Crippen molar-refractivity contribution in [2.75, 3.05) is 17.7 Å². The van der Waals surface area contributed by atoms with E-state index in [1.165, 1.54) is 16.7 Å². The molecule has 0 fully saturated rings. The van der Waals surface area contributed by atoms with Crippen molar-refractivity contribution in [3.63, 3.8) is 0 Å². The summed E-state index contributed by atoms with van der Waals surface area (Å²) < 4.78 is 5.58. The number of ether oxygens (including phenoxy) is 1. The van der Waals surface area contributed by atoms with E-state index in [4.69, 9.17) is 10.00 Å². The smallest absolute Gasteiger partial charge is 0.267 e. The fourth-order valence-electron chi connectivity index (χ4n) is 2.71.